The SMILES string of the molecule is CC(C)(C)c1cc(CCC(=O)OCCCSCOC(=O)CCc2cc(C(C)(C)C)c(O)c(C(C)(C)C)c2)cc(C(C)(C)C)c1O. The second-order valence-electron chi connectivity index (χ2n) is 16.2. The first kappa shape index (κ1) is 38.5. The Kier molecular flexibility index (Phi) is 13.1. The Hall–Kier alpha value is -2.67. The molecule has 0 atom stereocenters. The van der Waals surface area contributed by atoms with Crippen molar-refractivity contribution >= 4 is 23.7 Å². The molecule has 2 N–H and O–H groups in total. The molecule has 0 aromatic heterocycles. The molecule has 0 amide bonds. The number of hydrogen-bond donors (Lipinski definition) is 2. The van der Waals surface area contributed by atoms with Gasteiger partial charge in [-0.25, -0.2) is 0 Å². The van der Waals surface area contributed by atoms with Crippen LogP contribution in [0.15, 0.2) is 24.3 Å². The van der Waals surface area contributed by atoms with E-state index in [1.807, 2.05) is 24.3 Å². The van der Waals surface area contributed by atoms with Gasteiger partial charge in [0.05, 0.1) is 6.61 Å². The Morgan fingerprint density at radius 2 is 0.933 bits per heavy atom. The molecule has 0 radical (unpaired) electrons. The van der Waals surface area contributed by atoms with Crippen molar-refractivity contribution in [2.75, 3.05) is 18.3 Å². The Bertz CT molecular complexity index is 1140. The van der Waals surface area contributed by atoms with Crippen LogP contribution in [-0.2, 0) is 53.6 Å². The van der Waals surface area contributed by atoms with Crippen molar-refractivity contribution in [3.63, 3.8) is 0 Å². The Balaban J connectivity index is 1.75. The number of carbonyl (C=O) groups excluding carboxylic acids is 2. The largest absolute Gasteiger partial charge is 0.507 e. The summed E-state index contributed by atoms with van der Waals surface area (Å²) in [7, 11) is 0. The molecule has 6 nitrogen and oxygen atoms in total. The van der Waals surface area contributed by atoms with Gasteiger partial charge in [-0.3, -0.25) is 9.59 Å². The van der Waals surface area contributed by atoms with Crippen LogP contribution in [0.3, 0.4) is 0 Å². The predicted octanol–water partition coefficient (Wildman–Crippen LogP) is 9.02. The number of benzene rings is 2. The van der Waals surface area contributed by atoms with Crippen LogP contribution in [0.25, 0.3) is 0 Å². The summed E-state index contributed by atoms with van der Waals surface area (Å²) in [6, 6.07) is 8.02. The summed E-state index contributed by atoms with van der Waals surface area (Å²) in [5.41, 5.74) is 4.72. The number of hydrogen-bond acceptors (Lipinski definition) is 7. The molecule has 0 aliphatic rings. The lowest BCUT2D eigenvalue weighted by atomic mass is 9.78. The summed E-state index contributed by atoms with van der Waals surface area (Å²) in [6.07, 6.45) is 2.32. The molecule has 0 fully saturated rings. The van der Waals surface area contributed by atoms with Crippen LogP contribution in [0.4, 0.5) is 0 Å². The number of phenols is 2. The van der Waals surface area contributed by atoms with Crippen molar-refractivity contribution < 1.29 is 29.3 Å². The molecule has 0 spiro atoms. The zero-order valence-electron chi connectivity index (χ0n) is 29.9. The first-order valence-electron chi connectivity index (χ1n) is 16.1. The maximum absolute atomic E-state index is 12.4. The molecular formula is C38H58O6S. The molecule has 45 heavy (non-hydrogen) atoms. The standard InChI is InChI=1S/C38H58O6S/c1-35(2,3)27-20-25(21-28(33(27)41)36(4,5)6)14-16-31(39)43-18-13-19-45-24-44-32(40)17-15-26-22-29(37(7,8)9)34(42)30(23-26)38(10,11)12/h20-23,41-42H,13-19,24H2,1-12H3. The lowest BCUT2D eigenvalue weighted by Gasteiger charge is -2.28. The molecule has 2 aromatic rings. The van der Waals surface area contributed by atoms with Gasteiger partial charge in [0.1, 0.15) is 17.4 Å². The lowest BCUT2D eigenvalue weighted by Crippen LogP contribution is -2.18. The van der Waals surface area contributed by atoms with Crippen molar-refractivity contribution in [3.8, 4) is 11.5 Å². The first-order valence-corrected chi connectivity index (χ1v) is 17.3. The maximum atomic E-state index is 12.4. The van der Waals surface area contributed by atoms with E-state index in [1.165, 1.54) is 11.8 Å². The molecule has 0 aliphatic heterocycles. The fourth-order valence-electron chi connectivity index (χ4n) is 5.11. The third-order valence-electron chi connectivity index (χ3n) is 7.81. The number of carbonyl (C=O) groups is 2. The molecular weight excluding hydrogens is 584 g/mol. The van der Waals surface area contributed by atoms with E-state index in [0.29, 0.717) is 43.1 Å². The molecule has 0 aliphatic carbocycles. The van der Waals surface area contributed by atoms with Crippen LogP contribution >= 0.6 is 11.8 Å². The van der Waals surface area contributed by atoms with Crippen LogP contribution in [-0.4, -0.2) is 40.5 Å². The van der Waals surface area contributed by atoms with E-state index in [2.05, 4.69) is 83.1 Å². The number of phenolic OH excluding ortho intramolecular Hbond substituents is 2. The third-order valence-corrected chi connectivity index (χ3v) is 8.67. The Morgan fingerprint density at radius 3 is 1.27 bits per heavy atom. The van der Waals surface area contributed by atoms with Gasteiger partial charge in [0.2, 0.25) is 0 Å². The van der Waals surface area contributed by atoms with Gasteiger partial charge in [-0.1, -0.05) is 107 Å². The number of ether oxygens (including phenoxy) is 2. The highest BCUT2D eigenvalue weighted by Gasteiger charge is 2.28. The van der Waals surface area contributed by atoms with Gasteiger partial charge < -0.3 is 19.7 Å². The topological polar surface area (TPSA) is 93.1 Å². The van der Waals surface area contributed by atoms with Crippen LogP contribution in [0.5, 0.6) is 11.5 Å². The summed E-state index contributed by atoms with van der Waals surface area (Å²) in [4.78, 5) is 24.8. The first-order chi connectivity index (χ1) is 20.5. The summed E-state index contributed by atoms with van der Waals surface area (Å²) in [5, 5.41) is 21.8. The quantitative estimate of drug-likeness (QED) is 0.136. The maximum Gasteiger partial charge on any atom is 0.306 e. The highest BCUT2D eigenvalue weighted by Crippen LogP contribution is 2.41. The van der Waals surface area contributed by atoms with Crippen molar-refractivity contribution in [2.24, 2.45) is 0 Å². The summed E-state index contributed by atoms with van der Waals surface area (Å²) in [5.74, 6) is 1.15. The van der Waals surface area contributed by atoms with E-state index in [9.17, 15) is 19.8 Å². The normalized spacial score (nSPS) is 12.7. The summed E-state index contributed by atoms with van der Waals surface area (Å²) >= 11 is 1.50. The van der Waals surface area contributed by atoms with Crippen LogP contribution < -0.4 is 0 Å². The minimum absolute atomic E-state index is 0.217. The zero-order chi connectivity index (χ0) is 34.4. The van der Waals surface area contributed by atoms with Gasteiger partial charge in [0.15, 0.2) is 0 Å². The lowest BCUT2D eigenvalue weighted by molar-refractivity contribution is -0.143. The van der Waals surface area contributed by atoms with E-state index in [4.69, 9.17) is 9.47 Å². The van der Waals surface area contributed by atoms with Crippen molar-refractivity contribution in [1.82, 2.24) is 0 Å². The van der Waals surface area contributed by atoms with E-state index >= 15 is 0 Å². The number of thioether (sulfide) groups is 1. The van der Waals surface area contributed by atoms with Crippen LogP contribution in [0.2, 0.25) is 0 Å². The van der Waals surface area contributed by atoms with E-state index in [0.717, 1.165) is 33.4 Å². The predicted molar refractivity (Wildman–Crippen MR) is 187 cm³/mol. The second kappa shape index (κ2) is 15.3. The van der Waals surface area contributed by atoms with Gasteiger partial charge >= 0.3 is 11.9 Å². The van der Waals surface area contributed by atoms with Crippen LogP contribution in [0.1, 0.15) is 136 Å². The van der Waals surface area contributed by atoms with Crippen molar-refractivity contribution in [1.29, 1.82) is 0 Å². The fraction of sp³-hybridized carbons (Fsp3) is 0.632. The molecule has 2 aromatic carbocycles. The minimum atomic E-state index is -0.255. The zero-order valence-corrected chi connectivity index (χ0v) is 30.7. The minimum Gasteiger partial charge on any atom is -0.507 e. The van der Waals surface area contributed by atoms with Crippen molar-refractivity contribution in [3.05, 3.63) is 57.6 Å². The molecule has 252 valence electrons. The number of rotatable bonds is 12. The van der Waals surface area contributed by atoms with Gasteiger partial charge in [-0.05, 0) is 80.1 Å². The fourth-order valence-corrected chi connectivity index (χ4v) is 5.77. The second-order valence-corrected chi connectivity index (χ2v) is 17.2. The average molecular weight is 643 g/mol. The van der Waals surface area contributed by atoms with Gasteiger partial charge in [0.25, 0.3) is 0 Å². The molecule has 2 rings (SSSR count). The van der Waals surface area contributed by atoms with Crippen molar-refractivity contribution in [2.45, 2.75) is 137 Å². The van der Waals surface area contributed by atoms with E-state index in [-0.39, 0.29) is 52.4 Å². The van der Waals surface area contributed by atoms with Crippen LogP contribution in [0, 0.1) is 0 Å². The monoisotopic (exact) mass is 642 g/mol. The number of aryl methyl sites for hydroxylation is 2. The average Bonchev–Trinajstić information content (AvgIpc) is 2.88. The molecule has 7 heteroatoms. The molecule has 0 saturated heterocycles. The highest BCUT2D eigenvalue weighted by molar-refractivity contribution is 7.99. The van der Waals surface area contributed by atoms with Gasteiger partial charge in [-0.2, -0.15) is 0 Å². The molecule has 0 heterocycles. The smallest absolute Gasteiger partial charge is 0.306 e. The Labute approximate surface area is 276 Å². The molecule has 0 saturated carbocycles. The van der Waals surface area contributed by atoms with Gasteiger partial charge in [-0.15, -0.1) is 11.8 Å². The highest BCUT2D eigenvalue weighted by atomic mass is 32.2. The number of aromatic hydroxyl groups is 2. The Morgan fingerprint density at radius 1 is 0.600 bits per heavy atom. The van der Waals surface area contributed by atoms with E-state index < -0.39 is 0 Å². The molecule has 0 unspecified atom stereocenters. The third kappa shape index (κ3) is 11.9. The summed E-state index contributed by atoms with van der Waals surface area (Å²) < 4.78 is 10.9. The molecule has 0 bridgehead atoms. The van der Waals surface area contributed by atoms with Gasteiger partial charge in [0, 0.05) is 12.8 Å². The number of esters is 2. The summed E-state index contributed by atoms with van der Waals surface area (Å²) in [6.45, 7) is 25.2. The van der Waals surface area contributed by atoms with E-state index in [1.54, 1.807) is 0 Å².